The smallest absolute Gasteiger partial charge is 0.410 e. The standard InChI is InChI=1S/C16H16N2O4/c1-10-3-8-14(9-11(10)2)22-16(20)17-13-6-4-12(5-7-13)15(19)18-21/h3-9,21H,1-2H3,(H,17,20)(H,18,19). The van der Waals surface area contributed by atoms with E-state index in [0.29, 0.717) is 11.4 Å². The Labute approximate surface area is 127 Å². The summed E-state index contributed by atoms with van der Waals surface area (Å²) in [6, 6.07) is 11.4. The Morgan fingerprint density at radius 3 is 2.27 bits per heavy atom. The molecule has 6 heteroatoms. The van der Waals surface area contributed by atoms with Gasteiger partial charge in [0.25, 0.3) is 5.91 Å². The monoisotopic (exact) mass is 300 g/mol. The van der Waals surface area contributed by atoms with Gasteiger partial charge in [0.15, 0.2) is 0 Å². The van der Waals surface area contributed by atoms with Gasteiger partial charge in [-0.3, -0.25) is 15.3 Å². The van der Waals surface area contributed by atoms with E-state index in [9.17, 15) is 9.59 Å². The molecule has 0 saturated heterocycles. The summed E-state index contributed by atoms with van der Waals surface area (Å²) in [7, 11) is 0. The molecular formula is C16H16N2O4. The van der Waals surface area contributed by atoms with E-state index in [1.165, 1.54) is 29.7 Å². The van der Waals surface area contributed by atoms with Crippen LogP contribution in [-0.4, -0.2) is 17.2 Å². The molecule has 0 aliphatic heterocycles. The lowest BCUT2D eigenvalue weighted by Gasteiger charge is -2.08. The van der Waals surface area contributed by atoms with Crippen molar-refractivity contribution in [2.75, 3.05) is 5.32 Å². The summed E-state index contributed by atoms with van der Waals surface area (Å²) < 4.78 is 5.18. The zero-order valence-corrected chi connectivity index (χ0v) is 12.2. The number of aryl methyl sites for hydroxylation is 2. The molecule has 114 valence electrons. The van der Waals surface area contributed by atoms with Gasteiger partial charge in [0, 0.05) is 11.3 Å². The highest BCUT2D eigenvalue weighted by Crippen LogP contribution is 2.17. The first kappa shape index (κ1) is 15.5. The fraction of sp³-hybridized carbons (Fsp3) is 0.125. The number of hydroxylamine groups is 1. The first-order valence-corrected chi connectivity index (χ1v) is 6.60. The molecule has 0 aliphatic carbocycles. The van der Waals surface area contributed by atoms with Gasteiger partial charge in [-0.15, -0.1) is 0 Å². The van der Waals surface area contributed by atoms with E-state index in [4.69, 9.17) is 9.94 Å². The fourth-order valence-corrected chi connectivity index (χ4v) is 1.80. The molecule has 0 spiro atoms. The van der Waals surface area contributed by atoms with Crippen LogP contribution in [0.15, 0.2) is 42.5 Å². The first-order valence-electron chi connectivity index (χ1n) is 6.60. The SMILES string of the molecule is Cc1ccc(OC(=O)Nc2ccc(C(=O)NO)cc2)cc1C. The lowest BCUT2D eigenvalue weighted by Crippen LogP contribution is -2.19. The summed E-state index contributed by atoms with van der Waals surface area (Å²) in [5.74, 6) is -0.166. The maximum absolute atomic E-state index is 11.8. The molecule has 2 amide bonds. The second-order valence-corrected chi connectivity index (χ2v) is 4.78. The summed E-state index contributed by atoms with van der Waals surface area (Å²) in [5, 5.41) is 11.1. The van der Waals surface area contributed by atoms with Crippen molar-refractivity contribution in [3.63, 3.8) is 0 Å². The molecule has 0 bridgehead atoms. The highest BCUT2D eigenvalue weighted by Gasteiger charge is 2.08. The van der Waals surface area contributed by atoms with E-state index in [1.807, 2.05) is 19.9 Å². The molecule has 0 saturated carbocycles. The maximum atomic E-state index is 11.8. The molecule has 0 unspecified atom stereocenters. The third kappa shape index (κ3) is 3.83. The van der Waals surface area contributed by atoms with Crippen molar-refractivity contribution in [2.24, 2.45) is 0 Å². The van der Waals surface area contributed by atoms with Gasteiger partial charge in [-0.1, -0.05) is 6.07 Å². The van der Waals surface area contributed by atoms with Crippen molar-refractivity contribution < 1.29 is 19.5 Å². The van der Waals surface area contributed by atoms with Crippen LogP contribution in [0.2, 0.25) is 0 Å². The van der Waals surface area contributed by atoms with E-state index in [2.05, 4.69) is 5.32 Å². The lowest BCUT2D eigenvalue weighted by molar-refractivity contribution is 0.0706. The fourth-order valence-electron chi connectivity index (χ4n) is 1.80. The van der Waals surface area contributed by atoms with Crippen molar-refractivity contribution in [3.8, 4) is 5.75 Å². The number of ether oxygens (including phenoxy) is 1. The molecular weight excluding hydrogens is 284 g/mol. The Kier molecular flexibility index (Phi) is 4.75. The van der Waals surface area contributed by atoms with Crippen LogP contribution in [0.4, 0.5) is 10.5 Å². The first-order chi connectivity index (χ1) is 10.5. The number of rotatable bonds is 3. The normalized spacial score (nSPS) is 9.95. The summed E-state index contributed by atoms with van der Waals surface area (Å²) in [6.07, 6.45) is -0.623. The van der Waals surface area contributed by atoms with Gasteiger partial charge < -0.3 is 4.74 Å². The van der Waals surface area contributed by atoms with Crippen molar-refractivity contribution in [1.82, 2.24) is 5.48 Å². The van der Waals surface area contributed by atoms with Crippen LogP contribution < -0.4 is 15.5 Å². The third-order valence-electron chi connectivity index (χ3n) is 3.18. The Hall–Kier alpha value is -2.86. The molecule has 0 atom stereocenters. The van der Waals surface area contributed by atoms with Gasteiger partial charge >= 0.3 is 6.09 Å². The number of benzene rings is 2. The number of nitrogens with one attached hydrogen (secondary N) is 2. The summed E-state index contributed by atoms with van der Waals surface area (Å²) >= 11 is 0. The van der Waals surface area contributed by atoms with Crippen LogP contribution in [0.5, 0.6) is 5.75 Å². The van der Waals surface area contributed by atoms with Crippen molar-refractivity contribution in [1.29, 1.82) is 0 Å². The minimum absolute atomic E-state index is 0.274. The number of hydrogen-bond acceptors (Lipinski definition) is 4. The van der Waals surface area contributed by atoms with E-state index in [-0.39, 0.29) is 5.56 Å². The van der Waals surface area contributed by atoms with Crippen LogP contribution in [0.1, 0.15) is 21.5 Å². The van der Waals surface area contributed by atoms with Crippen LogP contribution in [0, 0.1) is 13.8 Å². The average Bonchev–Trinajstić information content (AvgIpc) is 2.51. The second-order valence-electron chi connectivity index (χ2n) is 4.78. The summed E-state index contributed by atoms with van der Waals surface area (Å²) in [6.45, 7) is 3.91. The van der Waals surface area contributed by atoms with Crippen LogP contribution in [0.3, 0.4) is 0 Å². The van der Waals surface area contributed by atoms with E-state index >= 15 is 0 Å². The van der Waals surface area contributed by atoms with Gasteiger partial charge in [-0.25, -0.2) is 10.3 Å². The van der Waals surface area contributed by atoms with Gasteiger partial charge in [0.05, 0.1) is 0 Å². The van der Waals surface area contributed by atoms with E-state index in [0.717, 1.165) is 11.1 Å². The number of amides is 2. The topological polar surface area (TPSA) is 87.7 Å². The molecule has 2 rings (SSSR count). The summed E-state index contributed by atoms with van der Waals surface area (Å²) in [4.78, 5) is 23.0. The average molecular weight is 300 g/mol. The van der Waals surface area contributed by atoms with Crippen LogP contribution in [-0.2, 0) is 0 Å². The van der Waals surface area contributed by atoms with Crippen molar-refractivity contribution in [2.45, 2.75) is 13.8 Å². The molecule has 3 N–H and O–H groups in total. The number of carbonyl (C=O) groups excluding carboxylic acids is 2. The lowest BCUT2D eigenvalue weighted by atomic mass is 10.1. The van der Waals surface area contributed by atoms with Gasteiger partial charge in [0.1, 0.15) is 5.75 Å². The molecule has 2 aromatic rings. The van der Waals surface area contributed by atoms with Crippen molar-refractivity contribution in [3.05, 3.63) is 59.2 Å². The number of carbonyl (C=O) groups is 2. The maximum Gasteiger partial charge on any atom is 0.417 e. The molecule has 22 heavy (non-hydrogen) atoms. The predicted octanol–water partition coefficient (Wildman–Crippen LogP) is 3.03. The van der Waals surface area contributed by atoms with Gasteiger partial charge in [0.2, 0.25) is 0 Å². The molecule has 2 aromatic carbocycles. The van der Waals surface area contributed by atoms with E-state index in [1.54, 1.807) is 12.1 Å². The minimum atomic E-state index is -0.623. The largest absolute Gasteiger partial charge is 0.417 e. The zero-order chi connectivity index (χ0) is 16.1. The highest BCUT2D eigenvalue weighted by atomic mass is 16.6. The van der Waals surface area contributed by atoms with E-state index < -0.39 is 12.0 Å². The zero-order valence-electron chi connectivity index (χ0n) is 12.2. The Morgan fingerprint density at radius 1 is 1.00 bits per heavy atom. The third-order valence-corrected chi connectivity index (χ3v) is 3.18. The van der Waals surface area contributed by atoms with Crippen molar-refractivity contribution >= 4 is 17.7 Å². The molecule has 0 aromatic heterocycles. The quantitative estimate of drug-likeness (QED) is 0.600. The minimum Gasteiger partial charge on any atom is -0.410 e. The molecule has 0 aliphatic rings. The Bertz CT molecular complexity index is 696. The van der Waals surface area contributed by atoms with Crippen LogP contribution >= 0.6 is 0 Å². The highest BCUT2D eigenvalue weighted by molar-refractivity contribution is 5.94. The molecule has 0 fully saturated rings. The van der Waals surface area contributed by atoms with Gasteiger partial charge in [-0.05, 0) is 61.4 Å². The molecule has 6 nitrogen and oxygen atoms in total. The predicted molar refractivity (Wildman–Crippen MR) is 81.3 cm³/mol. The Balaban J connectivity index is 1.99. The second kappa shape index (κ2) is 6.73. The summed E-state index contributed by atoms with van der Waals surface area (Å²) in [5.41, 5.74) is 4.43. The Morgan fingerprint density at radius 2 is 1.68 bits per heavy atom. The van der Waals surface area contributed by atoms with Gasteiger partial charge in [-0.2, -0.15) is 0 Å². The molecule has 0 radical (unpaired) electrons. The number of hydrogen-bond donors (Lipinski definition) is 3. The molecule has 0 heterocycles. The number of anilines is 1. The van der Waals surface area contributed by atoms with Crippen LogP contribution in [0.25, 0.3) is 0 Å².